The second-order valence-corrected chi connectivity index (χ2v) is 6.04. The van der Waals surface area contributed by atoms with Crippen LogP contribution in [0.1, 0.15) is 10.4 Å². The van der Waals surface area contributed by atoms with Crippen molar-refractivity contribution in [3.8, 4) is 11.1 Å². The third-order valence-electron chi connectivity index (χ3n) is 4.22. The van der Waals surface area contributed by atoms with Gasteiger partial charge in [0.25, 0.3) is 5.91 Å². The van der Waals surface area contributed by atoms with Crippen LogP contribution in [0.4, 0.5) is 23.4 Å². The summed E-state index contributed by atoms with van der Waals surface area (Å²) in [6, 6.07) is 11.1. The van der Waals surface area contributed by atoms with Crippen LogP contribution in [-0.2, 0) is 0 Å². The monoisotopic (exact) mass is 385 g/mol. The number of benzene rings is 3. The van der Waals surface area contributed by atoms with E-state index in [1.54, 1.807) is 18.2 Å². The minimum atomic E-state index is -0.988. The molecule has 2 N–H and O–H groups in total. The van der Waals surface area contributed by atoms with Crippen LogP contribution in [0.3, 0.4) is 0 Å². The Labute approximate surface area is 155 Å². The highest BCUT2D eigenvalue weighted by Gasteiger charge is 2.16. The van der Waals surface area contributed by atoms with Crippen molar-refractivity contribution < 1.29 is 22.4 Å². The van der Waals surface area contributed by atoms with Gasteiger partial charge >= 0.3 is 0 Å². The SMILES string of the molecule is O=C(Nc1n[nH]c2cc(-c3ccc(F)c(F)c3)ccc12)c1ccc(F)cc1F. The van der Waals surface area contributed by atoms with Crippen molar-refractivity contribution in [1.29, 1.82) is 0 Å². The Kier molecular flexibility index (Phi) is 4.31. The van der Waals surface area contributed by atoms with E-state index in [2.05, 4.69) is 15.5 Å². The average molecular weight is 385 g/mol. The average Bonchev–Trinajstić information content (AvgIpc) is 3.06. The minimum absolute atomic E-state index is 0.153. The Morgan fingerprint density at radius 1 is 0.821 bits per heavy atom. The normalized spacial score (nSPS) is 11.0. The Bertz CT molecular complexity index is 1220. The van der Waals surface area contributed by atoms with Crippen LogP contribution < -0.4 is 5.32 Å². The topological polar surface area (TPSA) is 57.8 Å². The zero-order valence-electron chi connectivity index (χ0n) is 14.1. The molecule has 140 valence electrons. The molecule has 4 rings (SSSR count). The third kappa shape index (κ3) is 3.20. The van der Waals surface area contributed by atoms with Crippen LogP contribution in [-0.4, -0.2) is 16.1 Å². The minimum Gasteiger partial charge on any atom is -0.304 e. The summed E-state index contributed by atoms with van der Waals surface area (Å²) in [6.07, 6.45) is 0. The van der Waals surface area contributed by atoms with Crippen molar-refractivity contribution in [1.82, 2.24) is 10.2 Å². The number of aromatic amines is 1. The number of carbonyl (C=O) groups is 1. The first kappa shape index (κ1) is 17.7. The highest BCUT2D eigenvalue weighted by Crippen LogP contribution is 2.28. The summed E-state index contributed by atoms with van der Waals surface area (Å²) >= 11 is 0. The molecular weight excluding hydrogens is 374 g/mol. The lowest BCUT2D eigenvalue weighted by molar-refractivity contribution is 0.102. The number of amides is 1. The fraction of sp³-hybridized carbons (Fsp3) is 0. The lowest BCUT2D eigenvalue weighted by Crippen LogP contribution is -2.14. The van der Waals surface area contributed by atoms with Gasteiger partial charge in [0.15, 0.2) is 17.5 Å². The first-order valence-corrected chi connectivity index (χ1v) is 8.12. The molecular formula is C20H11F4N3O. The quantitative estimate of drug-likeness (QED) is 0.486. The molecule has 4 nitrogen and oxygen atoms in total. The van der Waals surface area contributed by atoms with Crippen molar-refractivity contribution >= 4 is 22.6 Å². The van der Waals surface area contributed by atoms with E-state index < -0.39 is 29.2 Å². The number of aromatic nitrogens is 2. The molecule has 0 unspecified atom stereocenters. The van der Waals surface area contributed by atoms with E-state index in [1.807, 2.05) is 0 Å². The highest BCUT2D eigenvalue weighted by atomic mass is 19.2. The van der Waals surface area contributed by atoms with Gasteiger partial charge in [-0.1, -0.05) is 12.1 Å². The number of hydrogen-bond donors (Lipinski definition) is 2. The van der Waals surface area contributed by atoms with Gasteiger partial charge in [-0.25, -0.2) is 17.6 Å². The number of fused-ring (bicyclic) bond motifs is 1. The van der Waals surface area contributed by atoms with Gasteiger partial charge in [0.2, 0.25) is 0 Å². The number of H-pyrrole nitrogens is 1. The molecule has 0 spiro atoms. The number of nitrogens with one attached hydrogen (secondary N) is 2. The molecule has 0 aliphatic rings. The lowest BCUT2D eigenvalue weighted by atomic mass is 10.0. The van der Waals surface area contributed by atoms with Gasteiger partial charge in [-0.3, -0.25) is 9.89 Å². The van der Waals surface area contributed by atoms with Crippen molar-refractivity contribution in [2.24, 2.45) is 0 Å². The summed E-state index contributed by atoms with van der Waals surface area (Å²) in [5.41, 5.74) is 1.28. The molecule has 0 saturated carbocycles. The Morgan fingerprint density at radius 2 is 1.57 bits per heavy atom. The number of nitrogens with zero attached hydrogens (tertiary/aromatic N) is 1. The van der Waals surface area contributed by atoms with Crippen LogP contribution in [0, 0.1) is 23.3 Å². The summed E-state index contributed by atoms with van der Waals surface area (Å²) in [6.45, 7) is 0. The van der Waals surface area contributed by atoms with Crippen molar-refractivity contribution in [3.05, 3.63) is 83.4 Å². The van der Waals surface area contributed by atoms with Crippen LogP contribution in [0.5, 0.6) is 0 Å². The largest absolute Gasteiger partial charge is 0.304 e. The van der Waals surface area contributed by atoms with Crippen molar-refractivity contribution in [3.63, 3.8) is 0 Å². The van der Waals surface area contributed by atoms with Crippen molar-refractivity contribution in [2.45, 2.75) is 0 Å². The molecule has 0 aliphatic heterocycles. The Balaban J connectivity index is 1.64. The van der Waals surface area contributed by atoms with Gasteiger partial charge in [0.05, 0.1) is 11.1 Å². The molecule has 8 heteroatoms. The van der Waals surface area contributed by atoms with E-state index >= 15 is 0 Å². The molecule has 28 heavy (non-hydrogen) atoms. The van der Waals surface area contributed by atoms with E-state index in [-0.39, 0.29) is 11.4 Å². The molecule has 0 bridgehead atoms. The fourth-order valence-electron chi connectivity index (χ4n) is 2.82. The Morgan fingerprint density at radius 3 is 2.32 bits per heavy atom. The molecule has 3 aromatic carbocycles. The molecule has 0 radical (unpaired) electrons. The highest BCUT2D eigenvalue weighted by molar-refractivity contribution is 6.08. The number of halogens is 4. The van der Waals surface area contributed by atoms with Crippen LogP contribution in [0.25, 0.3) is 22.0 Å². The molecule has 1 heterocycles. The first-order chi connectivity index (χ1) is 13.4. The van der Waals surface area contributed by atoms with Crippen LogP contribution in [0.2, 0.25) is 0 Å². The summed E-state index contributed by atoms with van der Waals surface area (Å²) in [7, 11) is 0. The van der Waals surface area contributed by atoms with Gasteiger partial charge in [0, 0.05) is 11.5 Å². The van der Waals surface area contributed by atoms with Crippen LogP contribution >= 0.6 is 0 Å². The lowest BCUT2D eigenvalue weighted by Gasteiger charge is -2.05. The van der Waals surface area contributed by atoms with E-state index in [0.29, 0.717) is 28.1 Å². The standard InChI is InChI=1S/C20H11F4N3O/c21-12-3-5-13(16(23)9-12)20(28)25-19-14-4-1-11(8-18(14)26-27-19)10-2-6-15(22)17(24)7-10/h1-9H,(H2,25,26,27,28). The maximum atomic E-state index is 13.8. The smallest absolute Gasteiger partial charge is 0.259 e. The molecule has 0 aliphatic carbocycles. The summed E-state index contributed by atoms with van der Waals surface area (Å²) in [4.78, 5) is 12.2. The molecule has 0 atom stereocenters. The maximum absolute atomic E-state index is 13.8. The van der Waals surface area contributed by atoms with Gasteiger partial charge in [-0.2, -0.15) is 5.10 Å². The Hall–Kier alpha value is -3.68. The third-order valence-corrected chi connectivity index (χ3v) is 4.22. The number of carbonyl (C=O) groups excluding carboxylic acids is 1. The predicted octanol–water partition coefficient (Wildman–Crippen LogP) is 5.04. The zero-order valence-corrected chi connectivity index (χ0v) is 14.1. The fourth-order valence-corrected chi connectivity index (χ4v) is 2.82. The summed E-state index contributed by atoms with van der Waals surface area (Å²) < 4.78 is 53.3. The van der Waals surface area contributed by atoms with Gasteiger partial charge in [-0.15, -0.1) is 0 Å². The van der Waals surface area contributed by atoms with Crippen LogP contribution in [0.15, 0.2) is 54.6 Å². The van der Waals surface area contributed by atoms with Gasteiger partial charge in [0.1, 0.15) is 11.6 Å². The first-order valence-electron chi connectivity index (χ1n) is 8.12. The predicted molar refractivity (Wildman–Crippen MR) is 95.8 cm³/mol. The van der Waals surface area contributed by atoms with Crippen molar-refractivity contribution in [2.75, 3.05) is 5.32 Å². The summed E-state index contributed by atoms with van der Waals surface area (Å²) in [5, 5.41) is 9.70. The molecule has 1 aromatic heterocycles. The van der Waals surface area contributed by atoms with Gasteiger partial charge < -0.3 is 5.32 Å². The zero-order chi connectivity index (χ0) is 19.8. The van der Waals surface area contributed by atoms with E-state index in [0.717, 1.165) is 24.3 Å². The molecule has 4 aromatic rings. The van der Waals surface area contributed by atoms with Gasteiger partial charge in [-0.05, 0) is 47.5 Å². The van der Waals surface area contributed by atoms with E-state index in [1.165, 1.54) is 6.07 Å². The molecule has 0 saturated heterocycles. The second-order valence-electron chi connectivity index (χ2n) is 6.04. The second kappa shape index (κ2) is 6.80. The molecule has 0 fully saturated rings. The number of anilines is 1. The van der Waals surface area contributed by atoms with E-state index in [9.17, 15) is 22.4 Å². The summed E-state index contributed by atoms with van der Waals surface area (Å²) in [5.74, 6) is -4.31. The molecule has 1 amide bonds. The van der Waals surface area contributed by atoms with E-state index in [4.69, 9.17) is 0 Å². The maximum Gasteiger partial charge on any atom is 0.259 e. The number of hydrogen-bond acceptors (Lipinski definition) is 2. The number of rotatable bonds is 3.